The lowest BCUT2D eigenvalue weighted by Gasteiger charge is -2.34. The summed E-state index contributed by atoms with van der Waals surface area (Å²) in [6.45, 7) is 6.96. The minimum atomic E-state index is -0.126. The summed E-state index contributed by atoms with van der Waals surface area (Å²) in [4.78, 5) is 13.5. The van der Waals surface area contributed by atoms with Crippen LogP contribution in [0.4, 0.5) is 0 Å². The van der Waals surface area contributed by atoms with Gasteiger partial charge in [-0.15, -0.1) is 0 Å². The molecule has 1 N–H and O–H groups in total. The molecule has 1 rings (SSSR count). The number of Topliss-reactive ketones (excluding diaryl/α,β-unsaturated/α-hetero) is 1. The molecule has 0 aromatic heterocycles. The predicted octanol–water partition coefficient (Wildman–Crippen LogP) is 1.45. The van der Waals surface area contributed by atoms with Crippen molar-refractivity contribution >= 4 is 5.78 Å². The summed E-state index contributed by atoms with van der Waals surface area (Å²) in [5.41, 5.74) is 0. The summed E-state index contributed by atoms with van der Waals surface area (Å²) in [6.07, 6.45) is 3.09. The lowest BCUT2D eigenvalue weighted by molar-refractivity contribution is -0.118. The van der Waals surface area contributed by atoms with Crippen LogP contribution in [0.1, 0.15) is 39.5 Å². The maximum atomic E-state index is 11.1. The Kier molecular flexibility index (Phi) is 5.26. The van der Waals surface area contributed by atoms with Crippen molar-refractivity contribution in [2.24, 2.45) is 5.92 Å². The Morgan fingerprint density at radius 1 is 1.53 bits per heavy atom. The van der Waals surface area contributed by atoms with Gasteiger partial charge >= 0.3 is 0 Å². The first-order valence-corrected chi connectivity index (χ1v) is 6.05. The lowest BCUT2D eigenvalue weighted by Crippen LogP contribution is -2.42. The van der Waals surface area contributed by atoms with E-state index in [0.29, 0.717) is 24.5 Å². The molecule has 0 aliphatic carbocycles. The average molecular weight is 213 g/mol. The van der Waals surface area contributed by atoms with E-state index in [9.17, 15) is 9.90 Å². The van der Waals surface area contributed by atoms with Crippen molar-refractivity contribution in [3.8, 4) is 0 Å². The Bertz CT molecular complexity index is 206. The number of carbonyl (C=O) groups excluding carboxylic acids is 1. The molecular weight excluding hydrogens is 190 g/mol. The quantitative estimate of drug-likeness (QED) is 0.751. The van der Waals surface area contributed by atoms with Crippen molar-refractivity contribution < 1.29 is 9.90 Å². The molecule has 3 nitrogen and oxygen atoms in total. The third kappa shape index (κ3) is 4.31. The van der Waals surface area contributed by atoms with Gasteiger partial charge in [0.15, 0.2) is 0 Å². The van der Waals surface area contributed by atoms with E-state index in [-0.39, 0.29) is 6.10 Å². The van der Waals surface area contributed by atoms with Gasteiger partial charge in [-0.3, -0.25) is 4.79 Å². The van der Waals surface area contributed by atoms with Crippen LogP contribution in [0.3, 0.4) is 0 Å². The van der Waals surface area contributed by atoms with Crippen molar-refractivity contribution in [2.75, 3.05) is 19.6 Å². The Balaban J connectivity index is 2.14. The van der Waals surface area contributed by atoms with Gasteiger partial charge in [-0.25, -0.2) is 0 Å². The van der Waals surface area contributed by atoms with Crippen LogP contribution in [0, 0.1) is 5.92 Å². The molecular formula is C12H23NO2. The smallest absolute Gasteiger partial charge is 0.132 e. The average Bonchev–Trinajstić information content (AvgIpc) is 2.23. The van der Waals surface area contributed by atoms with Gasteiger partial charge in [0, 0.05) is 25.9 Å². The van der Waals surface area contributed by atoms with Crippen LogP contribution in [0.5, 0.6) is 0 Å². The van der Waals surface area contributed by atoms with Crippen molar-refractivity contribution in [3.63, 3.8) is 0 Å². The molecule has 3 heteroatoms. The van der Waals surface area contributed by atoms with E-state index in [1.807, 2.05) is 6.92 Å². The number of ketones is 1. The Morgan fingerprint density at radius 3 is 2.87 bits per heavy atom. The van der Waals surface area contributed by atoms with Crippen LogP contribution >= 0.6 is 0 Å². The standard InChI is InChI=1S/C12H23NO2/c1-3-11(14)5-4-7-13-8-6-12(15)10(2)9-13/h10,12,15H,3-9H2,1-2H3. The number of hydrogen-bond donors (Lipinski definition) is 1. The van der Waals surface area contributed by atoms with Crippen molar-refractivity contribution in [2.45, 2.75) is 45.6 Å². The molecule has 1 aliphatic heterocycles. The summed E-state index contributed by atoms with van der Waals surface area (Å²) >= 11 is 0. The van der Waals surface area contributed by atoms with Gasteiger partial charge in [0.1, 0.15) is 5.78 Å². The molecule has 2 atom stereocenters. The molecule has 1 saturated heterocycles. The maximum Gasteiger partial charge on any atom is 0.132 e. The zero-order valence-electron chi connectivity index (χ0n) is 9.91. The number of rotatable bonds is 5. The molecule has 2 unspecified atom stereocenters. The second-order valence-corrected chi connectivity index (χ2v) is 4.63. The number of nitrogens with zero attached hydrogens (tertiary/aromatic N) is 1. The first-order valence-electron chi connectivity index (χ1n) is 6.05. The van der Waals surface area contributed by atoms with Gasteiger partial charge in [0.2, 0.25) is 0 Å². The molecule has 0 aromatic rings. The van der Waals surface area contributed by atoms with Gasteiger partial charge in [0.25, 0.3) is 0 Å². The zero-order chi connectivity index (χ0) is 11.3. The van der Waals surface area contributed by atoms with Gasteiger partial charge in [0.05, 0.1) is 6.10 Å². The van der Waals surface area contributed by atoms with Gasteiger partial charge in [-0.2, -0.15) is 0 Å². The Hall–Kier alpha value is -0.410. The van der Waals surface area contributed by atoms with Crippen molar-refractivity contribution in [1.82, 2.24) is 4.90 Å². The van der Waals surface area contributed by atoms with Crippen molar-refractivity contribution in [3.05, 3.63) is 0 Å². The largest absolute Gasteiger partial charge is 0.393 e. The van der Waals surface area contributed by atoms with Crippen LogP contribution in [-0.2, 0) is 4.79 Å². The van der Waals surface area contributed by atoms with E-state index in [4.69, 9.17) is 0 Å². The normalized spacial score (nSPS) is 27.9. The highest BCUT2D eigenvalue weighted by Gasteiger charge is 2.23. The minimum absolute atomic E-state index is 0.126. The monoisotopic (exact) mass is 213 g/mol. The molecule has 0 aromatic carbocycles. The van der Waals surface area contributed by atoms with Gasteiger partial charge < -0.3 is 10.0 Å². The van der Waals surface area contributed by atoms with Crippen LogP contribution in [0.2, 0.25) is 0 Å². The number of likely N-dealkylation sites (tertiary alicyclic amines) is 1. The fourth-order valence-corrected chi connectivity index (χ4v) is 2.10. The van der Waals surface area contributed by atoms with E-state index in [1.165, 1.54) is 0 Å². The SMILES string of the molecule is CCC(=O)CCCN1CCC(O)C(C)C1. The zero-order valence-corrected chi connectivity index (χ0v) is 9.91. The summed E-state index contributed by atoms with van der Waals surface area (Å²) in [7, 11) is 0. The molecule has 1 fully saturated rings. The van der Waals surface area contributed by atoms with E-state index < -0.39 is 0 Å². The van der Waals surface area contributed by atoms with E-state index in [1.54, 1.807) is 0 Å². The highest BCUT2D eigenvalue weighted by molar-refractivity contribution is 5.77. The molecule has 0 spiro atoms. The topological polar surface area (TPSA) is 40.5 Å². The highest BCUT2D eigenvalue weighted by atomic mass is 16.3. The highest BCUT2D eigenvalue weighted by Crippen LogP contribution is 2.16. The summed E-state index contributed by atoms with van der Waals surface area (Å²) in [5.74, 6) is 0.737. The molecule has 1 heterocycles. The molecule has 0 radical (unpaired) electrons. The van der Waals surface area contributed by atoms with Crippen molar-refractivity contribution in [1.29, 1.82) is 0 Å². The molecule has 88 valence electrons. The van der Waals surface area contributed by atoms with Gasteiger partial charge in [-0.05, 0) is 25.3 Å². The lowest BCUT2D eigenvalue weighted by atomic mass is 9.96. The fourth-order valence-electron chi connectivity index (χ4n) is 2.10. The van der Waals surface area contributed by atoms with Crippen LogP contribution in [0.25, 0.3) is 0 Å². The van der Waals surface area contributed by atoms with E-state index in [2.05, 4.69) is 11.8 Å². The summed E-state index contributed by atoms with van der Waals surface area (Å²) in [5, 5.41) is 9.57. The number of carbonyl (C=O) groups is 1. The van der Waals surface area contributed by atoms with Crippen LogP contribution in [0.15, 0.2) is 0 Å². The number of aliphatic hydroxyl groups excluding tert-OH is 1. The first-order chi connectivity index (χ1) is 7.13. The fraction of sp³-hybridized carbons (Fsp3) is 0.917. The Labute approximate surface area is 92.5 Å². The number of hydrogen-bond acceptors (Lipinski definition) is 3. The third-order valence-corrected chi connectivity index (χ3v) is 3.27. The Morgan fingerprint density at radius 2 is 2.27 bits per heavy atom. The molecule has 0 saturated carbocycles. The summed E-state index contributed by atoms with van der Waals surface area (Å²) in [6, 6.07) is 0. The number of aliphatic hydroxyl groups is 1. The third-order valence-electron chi connectivity index (χ3n) is 3.27. The number of piperidine rings is 1. The van der Waals surface area contributed by atoms with E-state index >= 15 is 0 Å². The van der Waals surface area contributed by atoms with E-state index in [0.717, 1.165) is 32.5 Å². The second-order valence-electron chi connectivity index (χ2n) is 4.63. The predicted molar refractivity (Wildman–Crippen MR) is 60.8 cm³/mol. The molecule has 0 amide bonds. The second kappa shape index (κ2) is 6.23. The first kappa shape index (κ1) is 12.7. The summed E-state index contributed by atoms with van der Waals surface area (Å²) < 4.78 is 0. The van der Waals surface area contributed by atoms with Crippen LogP contribution < -0.4 is 0 Å². The molecule has 1 aliphatic rings. The van der Waals surface area contributed by atoms with Crippen LogP contribution in [-0.4, -0.2) is 41.5 Å². The molecule has 0 bridgehead atoms. The maximum absolute atomic E-state index is 11.1. The minimum Gasteiger partial charge on any atom is -0.393 e. The molecule has 15 heavy (non-hydrogen) atoms. The van der Waals surface area contributed by atoms with Gasteiger partial charge in [-0.1, -0.05) is 13.8 Å².